The summed E-state index contributed by atoms with van der Waals surface area (Å²) < 4.78 is 0. The molecule has 1 aliphatic carbocycles. The van der Waals surface area contributed by atoms with Crippen molar-refractivity contribution in [2.24, 2.45) is 11.8 Å². The fourth-order valence-electron chi connectivity index (χ4n) is 6.81. The third kappa shape index (κ3) is 11.0. The van der Waals surface area contributed by atoms with Crippen molar-refractivity contribution in [3.63, 3.8) is 0 Å². The first kappa shape index (κ1) is 39.4. The molecule has 6 heteroatoms. The minimum atomic E-state index is -0.190. The number of rotatable bonds is 10. The summed E-state index contributed by atoms with van der Waals surface area (Å²) in [6.45, 7) is 26.7. The molecule has 1 aliphatic rings. The molecule has 0 heterocycles. The molecule has 0 aromatic heterocycles. The van der Waals surface area contributed by atoms with E-state index in [0.717, 1.165) is 59.1 Å². The number of hydrogen-bond acceptors (Lipinski definition) is 4. The van der Waals surface area contributed by atoms with Gasteiger partial charge in [-0.1, -0.05) is 107 Å². The lowest BCUT2D eigenvalue weighted by Crippen LogP contribution is -2.34. The molecule has 0 unspecified atom stereocenters. The highest BCUT2D eigenvalue weighted by molar-refractivity contribution is 5.76. The van der Waals surface area contributed by atoms with Gasteiger partial charge in [-0.2, -0.15) is 0 Å². The second-order valence-corrected chi connectivity index (χ2v) is 18.6. The SMILES string of the molecule is CC(C)(C)c1cc(CCC(=O)NCC2CCC(CNC(=O)CCc3cc(C(C)(C)C)c(O)c(C(C)(C)C)c3)CC2)cc(C(C)(C)C)c1O. The topological polar surface area (TPSA) is 98.7 Å². The molecule has 2 aromatic carbocycles. The van der Waals surface area contributed by atoms with E-state index in [1.807, 2.05) is 0 Å². The molecule has 0 atom stereocenters. The summed E-state index contributed by atoms with van der Waals surface area (Å²) in [5.74, 6) is 1.83. The fraction of sp³-hybridized carbons (Fsp3) is 0.667. The predicted octanol–water partition coefficient (Wildman–Crippen LogP) is 8.89. The highest BCUT2D eigenvalue weighted by Gasteiger charge is 2.28. The molecule has 268 valence electrons. The molecule has 2 amide bonds. The molecule has 2 aromatic rings. The zero-order valence-electron chi connectivity index (χ0n) is 32.2. The van der Waals surface area contributed by atoms with Gasteiger partial charge in [0.25, 0.3) is 0 Å². The van der Waals surface area contributed by atoms with E-state index in [1.54, 1.807) is 0 Å². The first-order valence-electron chi connectivity index (χ1n) is 18.2. The Bertz CT molecular complexity index is 1240. The van der Waals surface area contributed by atoms with Crippen molar-refractivity contribution in [2.45, 2.75) is 156 Å². The van der Waals surface area contributed by atoms with Crippen LogP contribution in [-0.2, 0) is 44.1 Å². The predicted molar refractivity (Wildman–Crippen MR) is 199 cm³/mol. The molecular weight excluding hydrogens is 596 g/mol. The summed E-state index contributed by atoms with van der Waals surface area (Å²) in [4.78, 5) is 25.7. The normalized spacial score (nSPS) is 17.7. The number of aromatic hydroxyl groups is 2. The molecule has 1 saturated carbocycles. The zero-order chi connectivity index (χ0) is 36.2. The molecular formula is C42H66N2O4. The van der Waals surface area contributed by atoms with Crippen molar-refractivity contribution >= 4 is 11.8 Å². The number of carbonyl (C=O) groups excluding carboxylic acids is 2. The average Bonchev–Trinajstić information content (AvgIpc) is 2.96. The summed E-state index contributed by atoms with van der Waals surface area (Å²) in [6.07, 6.45) is 6.38. The van der Waals surface area contributed by atoms with Crippen LogP contribution in [0.3, 0.4) is 0 Å². The zero-order valence-corrected chi connectivity index (χ0v) is 32.2. The van der Waals surface area contributed by atoms with Gasteiger partial charge in [-0.05, 0) is 105 Å². The van der Waals surface area contributed by atoms with Gasteiger partial charge in [0.1, 0.15) is 11.5 Å². The number of benzene rings is 2. The summed E-state index contributed by atoms with van der Waals surface area (Å²) in [7, 11) is 0. The fourth-order valence-corrected chi connectivity index (χ4v) is 6.81. The van der Waals surface area contributed by atoms with Gasteiger partial charge in [0.2, 0.25) is 11.8 Å². The van der Waals surface area contributed by atoms with Gasteiger partial charge in [0, 0.05) is 25.9 Å². The Balaban J connectivity index is 1.43. The third-order valence-electron chi connectivity index (χ3n) is 10.00. The van der Waals surface area contributed by atoms with Crippen molar-refractivity contribution in [2.75, 3.05) is 13.1 Å². The van der Waals surface area contributed by atoms with Crippen LogP contribution in [0.5, 0.6) is 11.5 Å². The van der Waals surface area contributed by atoms with E-state index < -0.39 is 0 Å². The lowest BCUT2D eigenvalue weighted by molar-refractivity contribution is -0.122. The lowest BCUT2D eigenvalue weighted by atomic mass is 9.78. The Morgan fingerprint density at radius 1 is 0.542 bits per heavy atom. The minimum Gasteiger partial charge on any atom is -0.507 e. The van der Waals surface area contributed by atoms with Gasteiger partial charge in [-0.3, -0.25) is 9.59 Å². The highest BCUT2D eigenvalue weighted by atomic mass is 16.3. The Morgan fingerprint density at radius 2 is 0.792 bits per heavy atom. The molecule has 0 saturated heterocycles. The number of phenolic OH excluding ortho intramolecular Hbond substituents is 2. The molecule has 0 spiro atoms. The van der Waals surface area contributed by atoms with Crippen LogP contribution in [0, 0.1) is 11.8 Å². The standard InChI is InChI=1S/C42H66N2O4/c1-39(2,3)31-21-29(22-32(37(31)47)40(4,5)6)17-19-35(45)43-25-27-13-15-28(16-14-27)26-44-36(46)20-18-30-23-33(41(7,8)9)38(48)34(24-30)42(10,11)12/h21-24,27-28,47-48H,13-20,25-26H2,1-12H3,(H,43,45)(H,44,46). The lowest BCUT2D eigenvalue weighted by Gasteiger charge is -2.29. The second-order valence-electron chi connectivity index (χ2n) is 18.6. The van der Waals surface area contributed by atoms with Crippen molar-refractivity contribution in [1.82, 2.24) is 10.6 Å². The maximum absolute atomic E-state index is 12.8. The monoisotopic (exact) mass is 663 g/mol. The van der Waals surface area contributed by atoms with E-state index in [0.29, 0.717) is 62.1 Å². The van der Waals surface area contributed by atoms with Gasteiger partial charge in [0.05, 0.1) is 0 Å². The molecule has 6 nitrogen and oxygen atoms in total. The first-order chi connectivity index (χ1) is 22.0. The molecule has 48 heavy (non-hydrogen) atoms. The number of hydrogen-bond donors (Lipinski definition) is 4. The molecule has 1 fully saturated rings. The second kappa shape index (κ2) is 15.3. The van der Waals surface area contributed by atoms with Gasteiger partial charge < -0.3 is 20.8 Å². The molecule has 4 N–H and O–H groups in total. The van der Waals surface area contributed by atoms with Gasteiger partial charge in [0.15, 0.2) is 0 Å². The first-order valence-corrected chi connectivity index (χ1v) is 18.2. The smallest absolute Gasteiger partial charge is 0.220 e. The number of phenols is 2. The number of aryl methyl sites for hydroxylation is 2. The third-order valence-corrected chi connectivity index (χ3v) is 10.00. The van der Waals surface area contributed by atoms with Crippen molar-refractivity contribution in [1.29, 1.82) is 0 Å². The summed E-state index contributed by atoms with van der Waals surface area (Å²) in [5.41, 5.74) is 5.14. The number of nitrogens with one attached hydrogen (secondary N) is 2. The van der Waals surface area contributed by atoms with Crippen LogP contribution in [0.2, 0.25) is 0 Å². The van der Waals surface area contributed by atoms with Crippen LogP contribution in [0.15, 0.2) is 24.3 Å². The quantitative estimate of drug-likeness (QED) is 0.204. The number of amides is 2. The Hall–Kier alpha value is -3.02. The van der Waals surface area contributed by atoms with E-state index in [9.17, 15) is 19.8 Å². The van der Waals surface area contributed by atoms with Crippen LogP contribution < -0.4 is 10.6 Å². The molecule has 0 radical (unpaired) electrons. The summed E-state index contributed by atoms with van der Waals surface area (Å²) >= 11 is 0. The Kier molecular flexibility index (Phi) is 12.5. The molecule has 0 bridgehead atoms. The highest BCUT2D eigenvalue weighted by Crippen LogP contribution is 2.41. The maximum atomic E-state index is 12.8. The number of carbonyl (C=O) groups is 2. The van der Waals surface area contributed by atoms with Crippen LogP contribution in [0.25, 0.3) is 0 Å². The van der Waals surface area contributed by atoms with Crippen molar-refractivity contribution < 1.29 is 19.8 Å². The Labute approximate surface area is 291 Å². The van der Waals surface area contributed by atoms with Crippen molar-refractivity contribution in [3.05, 3.63) is 57.6 Å². The van der Waals surface area contributed by atoms with Gasteiger partial charge >= 0.3 is 0 Å². The van der Waals surface area contributed by atoms with E-state index in [1.165, 1.54) is 0 Å². The van der Waals surface area contributed by atoms with E-state index in [-0.39, 0.29) is 33.5 Å². The molecule has 3 rings (SSSR count). The summed E-state index contributed by atoms with van der Waals surface area (Å²) in [6, 6.07) is 8.27. The minimum absolute atomic E-state index is 0.0740. The largest absolute Gasteiger partial charge is 0.507 e. The van der Waals surface area contributed by atoms with Crippen LogP contribution in [-0.4, -0.2) is 35.1 Å². The average molecular weight is 663 g/mol. The van der Waals surface area contributed by atoms with Gasteiger partial charge in [-0.25, -0.2) is 0 Å². The van der Waals surface area contributed by atoms with Crippen molar-refractivity contribution in [3.8, 4) is 11.5 Å². The Morgan fingerprint density at radius 3 is 1.02 bits per heavy atom. The van der Waals surface area contributed by atoms with E-state index in [4.69, 9.17) is 0 Å². The van der Waals surface area contributed by atoms with E-state index >= 15 is 0 Å². The van der Waals surface area contributed by atoms with Gasteiger partial charge in [-0.15, -0.1) is 0 Å². The maximum Gasteiger partial charge on any atom is 0.220 e. The van der Waals surface area contributed by atoms with Crippen LogP contribution in [0.1, 0.15) is 155 Å². The summed E-state index contributed by atoms with van der Waals surface area (Å²) in [5, 5.41) is 28.4. The molecule has 0 aliphatic heterocycles. The van der Waals surface area contributed by atoms with E-state index in [2.05, 4.69) is 118 Å². The van der Waals surface area contributed by atoms with Crippen LogP contribution >= 0.6 is 0 Å². The van der Waals surface area contributed by atoms with Crippen LogP contribution in [0.4, 0.5) is 0 Å².